The van der Waals surface area contributed by atoms with Gasteiger partial charge in [-0.2, -0.15) is 0 Å². The maximum absolute atomic E-state index is 9.77. The van der Waals surface area contributed by atoms with Gasteiger partial charge in [0.25, 0.3) is 0 Å². The Morgan fingerprint density at radius 1 is 0.688 bits per heavy atom. The van der Waals surface area contributed by atoms with Crippen LogP contribution in [0, 0.1) is 5.41 Å². The van der Waals surface area contributed by atoms with Crippen LogP contribution in [0.25, 0.3) is 5.57 Å². The van der Waals surface area contributed by atoms with Crippen molar-refractivity contribution in [2.75, 3.05) is 31.1 Å². The van der Waals surface area contributed by atoms with Crippen molar-refractivity contribution < 1.29 is 51.1 Å². The zero-order chi connectivity index (χ0) is 36.0. The van der Waals surface area contributed by atoms with Gasteiger partial charge in [-0.25, -0.2) is 0 Å². The lowest BCUT2D eigenvalue weighted by Gasteiger charge is -2.28. The molecule has 3 rings (SSSR count). The van der Waals surface area contributed by atoms with E-state index >= 15 is 0 Å². The van der Waals surface area contributed by atoms with E-state index in [1.165, 1.54) is 28.0 Å². The van der Waals surface area contributed by atoms with Crippen LogP contribution in [0.15, 0.2) is 84.5 Å². The predicted molar refractivity (Wildman–Crippen MR) is 181 cm³/mol. The molecule has 0 amide bonds. The van der Waals surface area contributed by atoms with Crippen LogP contribution in [-0.4, -0.2) is 60.3 Å². The zero-order valence-electron chi connectivity index (χ0n) is 28.2. The molecule has 0 atom stereocenters. The molecular formula is C37H51N3O8. The minimum Gasteiger partial charge on any atom is -0.550 e. The summed E-state index contributed by atoms with van der Waals surface area (Å²) in [4.78, 5) is 41.3. The molecule has 0 aliphatic heterocycles. The number of nitrogens with zero attached hydrogens (tertiary/aromatic N) is 1. The van der Waals surface area contributed by atoms with E-state index < -0.39 is 23.9 Å². The van der Waals surface area contributed by atoms with Crippen molar-refractivity contribution in [1.29, 1.82) is 0 Å². The predicted octanol–water partition coefficient (Wildman–Crippen LogP) is 1.69. The van der Waals surface area contributed by atoms with Gasteiger partial charge in [0.05, 0.1) is 13.1 Å². The zero-order valence-corrected chi connectivity index (χ0v) is 28.2. The van der Waals surface area contributed by atoms with Gasteiger partial charge in [-0.1, -0.05) is 66.8 Å². The van der Waals surface area contributed by atoms with Gasteiger partial charge in [0.1, 0.15) is 0 Å². The first-order valence-electron chi connectivity index (χ1n) is 16.4. The summed E-state index contributed by atoms with van der Waals surface area (Å²) in [5.41, 5.74) is 14.6. The van der Waals surface area contributed by atoms with Crippen LogP contribution in [-0.2, 0) is 19.2 Å². The fourth-order valence-electron chi connectivity index (χ4n) is 5.21. The minimum absolute atomic E-state index is 0.0986. The Morgan fingerprint density at radius 3 is 1.50 bits per heavy atom. The highest BCUT2D eigenvalue weighted by Gasteiger charge is 2.27. The molecule has 0 radical (unpaired) electrons. The highest BCUT2D eigenvalue weighted by atomic mass is 16.4. The minimum atomic E-state index is -1.20. The van der Waals surface area contributed by atoms with E-state index in [-0.39, 0.29) is 43.9 Å². The lowest BCUT2D eigenvalue weighted by molar-refractivity contribution is -0.379. The third-order valence-electron chi connectivity index (χ3n) is 7.65. The molecule has 0 bridgehead atoms. The van der Waals surface area contributed by atoms with E-state index in [0.29, 0.717) is 0 Å². The van der Waals surface area contributed by atoms with Crippen molar-refractivity contribution in [2.24, 2.45) is 5.41 Å². The quantitative estimate of drug-likeness (QED) is 0.193. The standard InChI is InChI=1S/C27H35N3.2C5H8O4/c1-3-30(4-2)25-12-10-23(11-13-25)26(22-8-6-5-7-9-22)24-14-16-27(17-15-24,18-20-28)19-21-29;2*6-4(7)2-1-3-5(8)9/h5-17H,3-4,18-21,28-29H2,1-2H3;2*1-3H2,(H,6,7)(H,8,9). The Morgan fingerprint density at radius 2 is 1.12 bits per heavy atom. The Hall–Kier alpha value is -4.74. The van der Waals surface area contributed by atoms with Crippen molar-refractivity contribution in [3.8, 4) is 0 Å². The normalized spacial score (nSPS) is 12.5. The Labute approximate surface area is 283 Å². The summed E-state index contributed by atoms with van der Waals surface area (Å²) in [6.07, 6.45) is 11.3. The number of carboxylic acid groups (broad SMARTS) is 4. The third-order valence-corrected chi connectivity index (χ3v) is 7.65. The number of rotatable bonds is 17. The third kappa shape index (κ3) is 15.7. The maximum atomic E-state index is 9.77. The summed E-state index contributed by atoms with van der Waals surface area (Å²) in [6, 6.07) is 19.7. The second kappa shape index (κ2) is 22.7. The average Bonchev–Trinajstić information content (AvgIpc) is 3.04. The van der Waals surface area contributed by atoms with Gasteiger partial charge < -0.3 is 46.4 Å². The van der Waals surface area contributed by atoms with Crippen LogP contribution >= 0.6 is 0 Å². The van der Waals surface area contributed by atoms with Gasteiger partial charge in [-0.15, -0.1) is 0 Å². The van der Waals surface area contributed by atoms with Crippen LogP contribution < -0.4 is 26.6 Å². The molecule has 2 aromatic carbocycles. The number of hydrogen-bond donors (Lipinski definition) is 4. The van der Waals surface area contributed by atoms with Crippen LogP contribution in [0.1, 0.15) is 76.3 Å². The Kier molecular flexibility index (Phi) is 19.5. The van der Waals surface area contributed by atoms with Crippen LogP contribution in [0.3, 0.4) is 0 Å². The number of carbonyl (C=O) groups is 4. The molecule has 48 heavy (non-hydrogen) atoms. The van der Waals surface area contributed by atoms with E-state index in [1.54, 1.807) is 0 Å². The lowest BCUT2D eigenvalue weighted by atomic mass is 9.76. The highest BCUT2D eigenvalue weighted by Crippen LogP contribution is 2.37. The summed E-state index contributed by atoms with van der Waals surface area (Å²) in [5, 5.41) is 35.4. The molecule has 0 spiro atoms. The number of carbonyl (C=O) groups excluding carboxylic acids is 2. The first-order chi connectivity index (χ1) is 22.9. The lowest BCUT2D eigenvalue weighted by Crippen LogP contribution is -2.54. The van der Waals surface area contributed by atoms with E-state index in [1.807, 2.05) is 0 Å². The maximum Gasteiger partial charge on any atom is 0.303 e. The second-order valence-corrected chi connectivity index (χ2v) is 11.3. The molecule has 0 saturated carbocycles. The van der Waals surface area contributed by atoms with Gasteiger partial charge in [0.2, 0.25) is 0 Å². The van der Waals surface area contributed by atoms with Gasteiger partial charge in [0.15, 0.2) is 0 Å². The first-order valence-corrected chi connectivity index (χ1v) is 16.4. The number of anilines is 1. The van der Waals surface area contributed by atoms with Crippen molar-refractivity contribution in [1.82, 2.24) is 0 Å². The van der Waals surface area contributed by atoms with Crippen molar-refractivity contribution in [2.45, 2.75) is 65.2 Å². The molecule has 11 heteroatoms. The van der Waals surface area contributed by atoms with Gasteiger partial charge in [-0.3, -0.25) is 9.59 Å². The number of aliphatic carboxylic acids is 4. The van der Waals surface area contributed by atoms with Crippen molar-refractivity contribution in [3.63, 3.8) is 0 Å². The van der Waals surface area contributed by atoms with Crippen LogP contribution in [0.4, 0.5) is 5.69 Å². The smallest absolute Gasteiger partial charge is 0.303 e. The Balaban J connectivity index is 0.000000525. The molecule has 11 nitrogen and oxygen atoms in total. The molecule has 1 aliphatic carbocycles. The highest BCUT2D eigenvalue weighted by molar-refractivity contribution is 5.86. The number of carboxylic acids is 4. The summed E-state index contributed by atoms with van der Waals surface area (Å²) in [6.45, 7) is 8.33. The van der Waals surface area contributed by atoms with E-state index in [0.717, 1.165) is 39.0 Å². The SMILES string of the molecule is CCN(CC)c1ccc(C(=C2C=CC(CC[NH3+])(CC[NH3+])C=C2)c2ccccc2)cc1.O=C([O-])CCCC(=O)O.O=C([O-])CCCC(=O)O. The summed E-state index contributed by atoms with van der Waals surface area (Å²) < 4.78 is 0. The Bertz CT molecular complexity index is 1300. The molecule has 0 saturated heterocycles. The molecule has 2 aromatic rings. The molecule has 0 fully saturated rings. The van der Waals surface area contributed by atoms with Crippen molar-refractivity contribution >= 4 is 35.1 Å². The van der Waals surface area contributed by atoms with E-state index in [4.69, 9.17) is 10.2 Å². The number of allylic oxidation sites excluding steroid dienone is 5. The fraction of sp³-hybridized carbons (Fsp3) is 0.405. The van der Waals surface area contributed by atoms with Gasteiger partial charge in [-0.05, 0) is 73.9 Å². The molecule has 0 aromatic heterocycles. The monoisotopic (exact) mass is 665 g/mol. The number of quaternary nitrogens is 2. The van der Waals surface area contributed by atoms with Crippen LogP contribution in [0.5, 0.6) is 0 Å². The summed E-state index contributed by atoms with van der Waals surface area (Å²) in [5.74, 6) is -4.35. The van der Waals surface area contributed by atoms with Gasteiger partial charge in [0, 0.05) is 61.8 Å². The van der Waals surface area contributed by atoms with Gasteiger partial charge >= 0.3 is 11.9 Å². The molecular weight excluding hydrogens is 614 g/mol. The molecule has 0 heterocycles. The summed E-state index contributed by atoms with van der Waals surface area (Å²) >= 11 is 0. The fourth-order valence-corrected chi connectivity index (χ4v) is 5.21. The van der Waals surface area contributed by atoms with E-state index in [9.17, 15) is 29.4 Å². The number of hydrogen-bond acceptors (Lipinski definition) is 7. The van der Waals surface area contributed by atoms with Crippen molar-refractivity contribution in [3.05, 3.63) is 95.6 Å². The first kappa shape index (κ1) is 41.3. The van der Waals surface area contributed by atoms with Crippen LogP contribution in [0.2, 0.25) is 0 Å². The van der Waals surface area contributed by atoms with E-state index in [2.05, 4.69) is 109 Å². The largest absolute Gasteiger partial charge is 0.550 e. The summed E-state index contributed by atoms with van der Waals surface area (Å²) in [7, 11) is 0. The molecule has 262 valence electrons. The number of benzene rings is 2. The molecule has 1 aliphatic rings. The topological polar surface area (TPSA) is 213 Å². The molecule has 0 unspecified atom stereocenters. The molecule has 8 N–H and O–H groups in total. The second-order valence-electron chi connectivity index (χ2n) is 11.3. The average molecular weight is 666 g/mol.